The average molecular weight is 200 g/mol. The lowest BCUT2D eigenvalue weighted by Gasteiger charge is -2.25. The van der Waals surface area contributed by atoms with Gasteiger partial charge in [-0.05, 0) is 21.0 Å². The second-order valence-electron chi connectivity index (χ2n) is 4.36. The molecule has 1 fully saturated rings. The molecule has 1 rings (SSSR count). The number of likely N-dealkylation sites (tertiary alicyclic amines) is 1. The molecule has 0 aromatic carbocycles. The van der Waals surface area contributed by atoms with Crippen molar-refractivity contribution >= 4 is 5.91 Å². The Balaban J connectivity index is 2.42. The van der Waals surface area contributed by atoms with Gasteiger partial charge in [-0.25, -0.2) is 0 Å². The second-order valence-corrected chi connectivity index (χ2v) is 4.36. The minimum absolute atomic E-state index is 0.124. The van der Waals surface area contributed by atoms with Crippen LogP contribution in [0.5, 0.6) is 0 Å². The van der Waals surface area contributed by atoms with E-state index in [4.69, 9.17) is 5.11 Å². The number of aliphatic hydroxyl groups excluding tert-OH is 1. The largest absolute Gasteiger partial charge is 0.396 e. The van der Waals surface area contributed by atoms with Gasteiger partial charge in [-0.15, -0.1) is 0 Å². The van der Waals surface area contributed by atoms with E-state index in [2.05, 4.69) is 11.8 Å². The summed E-state index contributed by atoms with van der Waals surface area (Å²) in [6.07, 6.45) is 0.511. The summed E-state index contributed by atoms with van der Waals surface area (Å²) in [4.78, 5) is 15.4. The van der Waals surface area contributed by atoms with E-state index >= 15 is 0 Å². The zero-order chi connectivity index (χ0) is 10.7. The predicted molar refractivity (Wildman–Crippen MR) is 54.9 cm³/mol. The lowest BCUT2D eigenvalue weighted by molar-refractivity contribution is -0.128. The molecule has 2 unspecified atom stereocenters. The minimum Gasteiger partial charge on any atom is -0.396 e. The van der Waals surface area contributed by atoms with Crippen LogP contribution in [0.25, 0.3) is 0 Å². The van der Waals surface area contributed by atoms with E-state index in [0.29, 0.717) is 19.0 Å². The quantitative estimate of drug-likeness (QED) is 0.682. The van der Waals surface area contributed by atoms with Gasteiger partial charge in [-0.3, -0.25) is 4.79 Å². The number of carbonyl (C=O) groups excluding carboxylic acids is 1. The minimum atomic E-state index is 0.124. The predicted octanol–water partition coefficient (Wildman–Crippen LogP) is -0.223. The van der Waals surface area contributed by atoms with Crippen LogP contribution < -0.4 is 0 Å². The van der Waals surface area contributed by atoms with Crippen LogP contribution in [0.1, 0.15) is 13.3 Å². The van der Waals surface area contributed by atoms with Gasteiger partial charge in [0, 0.05) is 38.1 Å². The topological polar surface area (TPSA) is 43.8 Å². The summed E-state index contributed by atoms with van der Waals surface area (Å²) in [5.74, 6) is 0.328. The van der Waals surface area contributed by atoms with Crippen LogP contribution in [-0.4, -0.2) is 60.6 Å². The maximum Gasteiger partial charge on any atom is 0.223 e. The van der Waals surface area contributed by atoms with Crippen molar-refractivity contribution in [1.29, 1.82) is 0 Å². The van der Waals surface area contributed by atoms with Crippen LogP contribution in [0.2, 0.25) is 0 Å². The highest BCUT2D eigenvalue weighted by Gasteiger charge is 2.29. The van der Waals surface area contributed by atoms with Gasteiger partial charge in [-0.1, -0.05) is 0 Å². The Morgan fingerprint density at radius 3 is 2.71 bits per heavy atom. The van der Waals surface area contributed by atoms with Crippen molar-refractivity contribution in [1.82, 2.24) is 9.80 Å². The third-order valence-corrected chi connectivity index (χ3v) is 2.92. The van der Waals surface area contributed by atoms with Gasteiger partial charge < -0.3 is 14.9 Å². The highest BCUT2D eigenvalue weighted by atomic mass is 16.3. The van der Waals surface area contributed by atoms with Crippen molar-refractivity contribution in [3.8, 4) is 0 Å². The fourth-order valence-corrected chi connectivity index (χ4v) is 1.63. The molecule has 0 radical (unpaired) electrons. The fraction of sp³-hybridized carbons (Fsp3) is 0.900. The van der Waals surface area contributed by atoms with Crippen molar-refractivity contribution in [3.63, 3.8) is 0 Å². The first kappa shape index (κ1) is 11.5. The van der Waals surface area contributed by atoms with Crippen LogP contribution >= 0.6 is 0 Å². The Labute approximate surface area is 85.5 Å². The number of hydrogen-bond donors (Lipinski definition) is 1. The Morgan fingerprint density at radius 1 is 1.64 bits per heavy atom. The van der Waals surface area contributed by atoms with E-state index in [1.54, 1.807) is 0 Å². The highest BCUT2D eigenvalue weighted by Crippen LogP contribution is 2.17. The summed E-state index contributed by atoms with van der Waals surface area (Å²) in [6.45, 7) is 3.70. The maximum absolute atomic E-state index is 11.5. The van der Waals surface area contributed by atoms with Gasteiger partial charge in [-0.2, -0.15) is 0 Å². The second kappa shape index (κ2) is 4.75. The number of likely N-dealkylation sites (N-methyl/N-ethyl adjacent to an activating group) is 1. The van der Waals surface area contributed by atoms with Crippen molar-refractivity contribution < 1.29 is 9.90 Å². The first-order valence-corrected chi connectivity index (χ1v) is 5.09. The lowest BCUT2D eigenvalue weighted by atomic mass is 10.1. The van der Waals surface area contributed by atoms with E-state index in [0.717, 1.165) is 6.54 Å². The van der Waals surface area contributed by atoms with Crippen molar-refractivity contribution in [2.75, 3.05) is 33.8 Å². The molecule has 0 saturated carbocycles. The maximum atomic E-state index is 11.5. The van der Waals surface area contributed by atoms with Crippen LogP contribution in [0.15, 0.2) is 0 Å². The Hall–Kier alpha value is -0.610. The van der Waals surface area contributed by atoms with Crippen LogP contribution in [-0.2, 0) is 4.79 Å². The molecule has 2 atom stereocenters. The Morgan fingerprint density at radius 2 is 2.29 bits per heavy atom. The Kier molecular flexibility index (Phi) is 3.89. The summed E-state index contributed by atoms with van der Waals surface area (Å²) in [6, 6.07) is 0.372. The van der Waals surface area contributed by atoms with E-state index in [-0.39, 0.29) is 18.4 Å². The highest BCUT2D eigenvalue weighted by molar-refractivity contribution is 5.78. The monoisotopic (exact) mass is 200 g/mol. The summed E-state index contributed by atoms with van der Waals surface area (Å²) in [5, 5.41) is 8.96. The molecule has 14 heavy (non-hydrogen) atoms. The molecule has 1 heterocycles. The summed E-state index contributed by atoms with van der Waals surface area (Å²) in [5.41, 5.74) is 0. The third kappa shape index (κ3) is 2.69. The van der Waals surface area contributed by atoms with Gasteiger partial charge >= 0.3 is 0 Å². The SMILES string of the molecule is CC(CN1CC(CO)CC1=O)N(C)C. The molecule has 1 saturated heterocycles. The molecule has 0 aromatic heterocycles. The van der Waals surface area contributed by atoms with Crippen molar-refractivity contribution in [2.45, 2.75) is 19.4 Å². The molecule has 1 amide bonds. The molecular weight excluding hydrogens is 180 g/mol. The van der Waals surface area contributed by atoms with Crippen LogP contribution in [0, 0.1) is 5.92 Å². The van der Waals surface area contributed by atoms with Gasteiger partial charge in [0.1, 0.15) is 0 Å². The smallest absolute Gasteiger partial charge is 0.223 e. The van der Waals surface area contributed by atoms with Gasteiger partial charge in [0.05, 0.1) is 0 Å². The van der Waals surface area contributed by atoms with E-state index in [1.165, 1.54) is 0 Å². The molecule has 82 valence electrons. The molecule has 4 nitrogen and oxygen atoms in total. The molecule has 0 bridgehead atoms. The molecular formula is C10H20N2O2. The Bertz CT molecular complexity index is 206. The van der Waals surface area contributed by atoms with Gasteiger partial charge in [0.25, 0.3) is 0 Å². The first-order chi connectivity index (χ1) is 6.54. The number of aliphatic hydroxyl groups is 1. The number of hydrogen-bond acceptors (Lipinski definition) is 3. The van der Waals surface area contributed by atoms with Crippen molar-refractivity contribution in [2.24, 2.45) is 5.92 Å². The lowest BCUT2D eigenvalue weighted by Crippen LogP contribution is -2.39. The molecule has 1 aliphatic heterocycles. The number of carbonyl (C=O) groups is 1. The molecule has 1 aliphatic rings. The van der Waals surface area contributed by atoms with Crippen LogP contribution in [0.4, 0.5) is 0 Å². The molecule has 1 N–H and O–H groups in total. The fourth-order valence-electron chi connectivity index (χ4n) is 1.63. The zero-order valence-electron chi connectivity index (χ0n) is 9.23. The number of rotatable bonds is 4. The molecule has 0 aliphatic carbocycles. The standard InChI is InChI=1S/C10H20N2O2/c1-8(11(2)3)5-12-6-9(7-13)4-10(12)14/h8-9,13H,4-7H2,1-3H3. The summed E-state index contributed by atoms with van der Waals surface area (Å²) < 4.78 is 0. The van der Waals surface area contributed by atoms with E-state index in [1.807, 2.05) is 19.0 Å². The van der Waals surface area contributed by atoms with Gasteiger partial charge in [0.15, 0.2) is 0 Å². The third-order valence-electron chi connectivity index (χ3n) is 2.92. The van der Waals surface area contributed by atoms with E-state index < -0.39 is 0 Å². The van der Waals surface area contributed by atoms with E-state index in [9.17, 15) is 4.79 Å². The normalized spacial score (nSPS) is 24.8. The first-order valence-electron chi connectivity index (χ1n) is 5.09. The molecule has 4 heteroatoms. The summed E-state index contributed by atoms with van der Waals surface area (Å²) in [7, 11) is 4.02. The molecule has 0 aromatic rings. The van der Waals surface area contributed by atoms with Gasteiger partial charge in [0.2, 0.25) is 5.91 Å². The van der Waals surface area contributed by atoms with Crippen molar-refractivity contribution in [3.05, 3.63) is 0 Å². The average Bonchev–Trinajstić information content (AvgIpc) is 2.47. The summed E-state index contributed by atoms with van der Waals surface area (Å²) >= 11 is 0. The number of nitrogens with zero attached hydrogens (tertiary/aromatic N) is 2. The molecule has 0 spiro atoms. The zero-order valence-corrected chi connectivity index (χ0v) is 9.23. The number of amides is 1. The van der Waals surface area contributed by atoms with Crippen LogP contribution in [0.3, 0.4) is 0 Å².